The van der Waals surface area contributed by atoms with Crippen LogP contribution in [0.4, 0.5) is 10.1 Å². The predicted molar refractivity (Wildman–Crippen MR) is 99.8 cm³/mol. The molecule has 0 spiro atoms. The van der Waals surface area contributed by atoms with Crippen molar-refractivity contribution >= 4 is 23.7 Å². The van der Waals surface area contributed by atoms with Gasteiger partial charge in [0.05, 0.1) is 11.4 Å². The number of aromatic amines is 1. The van der Waals surface area contributed by atoms with Gasteiger partial charge in [-0.2, -0.15) is 0 Å². The van der Waals surface area contributed by atoms with Crippen LogP contribution in [0.25, 0.3) is 5.69 Å². The van der Waals surface area contributed by atoms with Crippen LogP contribution in [0.1, 0.15) is 5.56 Å². The van der Waals surface area contributed by atoms with Crippen molar-refractivity contribution < 1.29 is 9.50 Å². The molecule has 0 saturated carbocycles. The van der Waals surface area contributed by atoms with Gasteiger partial charge in [0.1, 0.15) is 11.4 Å². The van der Waals surface area contributed by atoms with E-state index in [4.69, 9.17) is 0 Å². The second-order valence-electron chi connectivity index (χ2n) is 5.24. The number of aromatic nitrogens is 2. The van der Waals surface area contributed by atoms with Crippen molar-refractivity contribution in [1.29, 1.82) is 0 Å². The Labute approximate surface area is 151 Å². The van der Waals surface area contributed by atoms with Gasteiger partial charge in [0.2, 0.25) is 5.88 Å². The van der Waals surface area contributed by atoms with E-state index in [1.165, 1.54) is 30.1 Å². The van der Waals surface area contributed by atoms with Crippen molar-refractivity contribution in [3.05, 3.63) is 80.7 Å². The van der Waals surface area contributed by atoms with Crippen molar-refractivity contribution in [3.8, 4) is 11.6 Å². The number of halogens is 1. The molecule has 0 aliphatic rings. The number of benzene rings is 2. The number of nitrogens with one attached hydrogen (secondary N) is 1. The van der Waals surface area contributed by atoms with Crippen molar-refractivity contribution in [1.82, 2.24) is 9.55 Å². The molecule has 0 saturated heterocycles. The van der Waals surface area contributed by atoms with Gasteiger partial charge in [-0.05, 0) is 42.7 Å². The monoisotopic (exact) mass is 371 g/mol. The molecule has 0 amide bonds. The maximum atomic E-state index is 13.1. The fraction of sp³-hybridized carbons (Fsp3) is 0.0556. The number of thioether (sulfide) groups is 1. The van der Waals surface area contributed by atoms with Gasteiger partial charge >= 0.3 is 5.69 Å². The van der Waals surface area contributed by atoms with Crippen LogP contribution >= 0.6 is 11.8 Å². The summed E-state index contributed by atoms with van der Waals surface area (Å²) in [5.41, 5.74) is -0.940. The molecule has 1 heterocycles. The Hall–Kier alpha value is -3.13. The molecule has 0 bridgehead atoms. The third-order valence-corrected chi connectivity index (χ3v) is 4.41. The fourth-order valence-corrected chi connectivity index (χ4v) is 2.90. The van der Waals surface area contributed by atoms with Gasteiger partial charge in [-0.15, -0.1) is 11.8 Å². The molecule has 26 heavy (non-hydrogen) atoms. The largest absolute Gasteiger partial charge is 0.493 e. The summed E-state index contributed by atoms with van der Waals surface area (Å²) in [6.45, 7) is 0. The second-order valence-corrected chi connectivity index (χ2v) is 6.09. The highest BCUT2D eigenvalue weighted by molar-refractivity contribution is 7.98. The molecule has 1 aromatic heterocycles. The fourth-order valence-electron chi connectivity index (χ4n) is 2.36. The van der Waals surface area contributed by atoms with Crippen molar-refractivity contribution in [2.45, 2.75) is 4.90 Å². The molecule has 8 heteroatoms. The first-order chi connectivity index (χ1) is 12.5. The van der Waals surface area contributed by atoms with E-state index in [1.807, 2.05) is 18.4 Å². The molecule has 0 aliphatic carbocycles. The lowest BCUT2D eigenvalue weighted by atomic mass is 10.2. The number of aliphatic imine (C=N–C) groups is 1. The molecule has 3 rings (SSSR count). The number of hydrogen-bond acceptors (Lipinski definition) is 5. The Morgan fingerprint density at radius 2 is 1.85 bits per heavy atom. The van der Waals surface area contributed by atoms with E-state index in [-0.39, 0.29) is 11.3 Å². The van der Waals surface area contributed by atoms with Gasteiger partial charge in [-0.25, -0.2) is 13.8 Å². The molecule has 2 N–H and O–H groups in total. The SMILES string of the molecule is CSc1ccccc1N=Cc1c(O)n(-c2ccc(F)cc2)c(=O)[nH]c1=O. The van der Waals surface area contributed by atoms with E-state index in [0.29, 0.717) is 5.69 Å². The maximum Gasteiger partial charge on any atom is 0.335 e. The number of aromatic hydroxyl groups is 1. The molecule has 0 unspecified atom stereocenters. The topological polar surface area (TPSA) is 87.4 Å². The summed E-state index contributed by atoms with van der Waals surface area (Å²) in [7, 11) is 0. The molecule has 0 fully saturated rings. The maximum absolute atomic E-state index is 13.1. The van der Waals surface area contributed by atoms with Gasteiger partial charge in [0.25, 0.3) is 5.56 Å². The minimum Gasteiger partial charge on any atom is -0.493 e. The van der Waals surface area contributed by atoms with E-state index in [1.54, 1.807) is 12.1 Å². The van der Waals surface area contributed by atoms with Crippen LogP contribution in [-0.2, 0) is 0 Å². The minimum atomic E-state index is -0.833. The first-order valence-corrected chi connectivity index (χ1v) is 8.75. The summed E-state index contributed by atoms with van der Waals surface area (Å²) in [4.78, 5) is 31.4. The van der Waals surface area contributed by atoms with Gasteiger partial charge in [-0.3, -0.25) is 14.8 Å². The zero-order valence-electron chi connectivity index (χ0n) is 13.6. The van der Waals surface area contributed by atoms with Crippen LogP contribution in [0.3, 0.4) is 0 Å². The molecule has 2 aromatic carbocycles. The molecule has 0 atom stereocenters. The van der Waals surface area contributed by atoms with Crippen LogP contribution < -0.4 is 11.2 Å². The Bertz CT molecular complexity index is 1090. The lowest BCUT2D eigenvalue weighted by molar-refractivity contribution is 0.430. The summed E-state index contributed by atoms with van der Waals surface area (Å²) in [6, 6.07) is 12.2. The predicted octanol–water partition coefficient (Wildman–Crippen LogP) is 2.84. The van der Waals surface area contributed by atoms with E-state index in [9.17, 15) is 19.1 Å². The average Bonchev–Trinajstić information content (AvgIpc) is 2.63. The highest BCUT2D eigenvalue weighted by atomic mass is 32.2. The Kier molecular flexibility index (Phi) is 5.04. The number of rotatable bonds is 4. The third-order valence-electron chi connectivity index (χ3n) is 3.62. The molecule has 6 nitrogen and oxygen atoms in total. The molecular weight excluding hydrogens is 357 g/mol. The van der Waals surface area contributed by atoms with E-state index < -0.39 is 22.9 Å². The number of para-hydroxylation sites is 1. The minimum absolute atomic E-state index is 0.176. The van der Waals surface area contributed by atoms with Gasteiger partial charge in [0, 0.05) is 11.1 Å². The Balaban J connectivity index is 2.12. The summed E-state index contributed by atoms with van der Waals surface area (Å²) in [5, 5.41) is 10.4. The lowest BCUT2D eigenvalue weighted by Crippen LogP contribution is -2.31. The summed E-state index contributed by atoms with van der Waals surface area (Å²) in [5.74, 6) is -1.06. The average molecular weight is 371 g/mol. The highest BCUT2D eigenvalue weighted by Crippen LogP contribution is 2.27. The number of nitrogens with zero attached hydrogens (tertiary/aromatic N) is 2. The molecule has 3 aromatic rings. The van der Waals surface area contributed by atoms with Gasteiger partial charge in [-0.1, -0.05) is 12.1 Å². The Morgan fingerprint density at radius 1 is 1.15 bits per heavy atom. The smallest absolute Gasteiger partial charge is 0.335 e. The number of hydrogen-bond donors (Lipinski definition) is 2. The normalized spacial score (nSPS) is 11.2. The quantitative estimate of drug-likeness (QED) is 0.545. The zero-order chi connectivity index (χ0) is 18.7. The lowest BCUT2D eigenvalue weighted by Gasteiger charge is -2.09. The summed E-state index contributed by atoms with van der Waals surface area (Å²) >= 11 is 1.49. The molecule has 0 radical (unpaired) electrons. The van der Waals surface area contributed by atoms with Crippen LogP contribution in [-0.4, -0.2) is 27.1 Å². The van der Waals surface area contributed by atoms with E-state index in [0.717, 1.165) is 21.6 Å². The van der Waals surface area contributed by atoms with Gasteiger partial charge in [0.15, 0.2) is 0 Å². The molecule has 132 valence electrons. The van der Waals surface area contributed by atoms with Crippen LogP contribution in [0.5, 0.6) is 5.88 Å². The first-order valence-electron chi connectivity index (χ1n) is 7.52. The van der Waals surface area contributed by atoms with Crippen LogP contribution in [0.2, 0.25) is 0 Å². The Morgan fingerprint density at radius 3 is 2.54 bits per heavy atom. The van der Waals surface area contributed by atoms with Crippen molar-refractivity contribution in [2.75, 3.05) is 6.26 Å². The summed E-state index contributed by atoms with van der Waals surface area (Å²) < 4.78 is 14.0. The molecular formula is C18H14FN3O3S. The zero-order valence-corrected chi connectivity index (χ0v) is 14.5. The van der Waals surface area contributed by atoms with Crippen molar-refractivity contribution in [2.24, 2.45) is 4.99 Å². The van der Waals surface area contributed by atoms with Gasteiger partial charge < -0.3 is 5.11 Å². The standard InChI is InChI=1S/C18H14FN3O3S/c1-26-15-5-3-2-4-14(15)20-10-13-16(23)21-18(25)22(17(13)24)12-8-6-11(19)7-9-12/h2-10,24H,1H3,(H,21,23,25). The highest BCUT2D eigenvalue weighted by Gasteiger charge is 2.14. The first kappa shape index (κ1) is 17.7. The van der Waals surface area contributed by atoms with E-state index in [2.05, 4.69) is 9.98 Å². The van der Waals surface area contributed by atoms with Crippen molar-refractivity contribution in [3.63, 3.8) is 0 Å². The summed E-state index contributed by atoms with van der Waals surface area (Å²) in [6.07, 6.45) is 3.09. The second kappa shape index (κ2) is 7.40. The third kappa shape index (κ3) is 3.45. The van der Waals surface area contributed by atoms with E-state index >= 15 is 0 Å². The molecule has 0 aliphatic heterocycles. The number of H-pyrrole nitrogens is 1. The van der Waals surface area contributed by atoms with Crippen LogP contribution in [0, 0.1) is 5.82 Å². The van der Waals surface area contributed by atoms with Crippen LogP contribution in [0.15, 0.2) is 68.0 Å².